The van der Waals surface area contributed by atoms with E-state index in [-0.39, 0.29) is 12.0 Å². The molecule has 1 atom stereocenters. The lowest BCUT2D eigenvalue weighted by atomic mass is 9.74. The van der Waals surface area contributed by atoms with Crippen molar-refractivity contribution in [3.8, 4) is 0 Å². The smallest absolute Gasteiger partial charge is 0.310 e. The zero-order valence-corrected chi connectivity index (χ0v) is 23.6. The van der Waals surface area contributed by atoms with E-state index in [0.717, 1.165) is 28.9 Å². The molecule has 0 aliphatic heterocycles. The molecular formula is C24H36BF5N4OS2. The lowest BCUT2D eigenvalue weighted by molar-refractivity contribution is -0.124. The number of amides is 1. The number of nitrogens with two attached hydrogens (primary N) is 1. The minimum absolute atomic E-state index is 0.227. The quantitative estimate of drug-likeness (QED) is 0.0838. The van der Waals surface area contributed by atoms with E-state index in [9.17, 15) is 24.2 Å². The minimum Gasteiger partial charge on any atom is -0.369 e. The predicted octanol–water partition coefficient (Wildman–Crippen LogP) is 8.43. The van der Waals surface area contributed by atoms with E-state index in [0.29, 0.717) is 31.0 Å². The monoisotopic (exact) mass is 566 g/mol. The molecule has 13 heteroatoms. The van der Waals surface area contributed by atoms with E-state index in [1.807, 2.05) is 36.6 Å². The van der Waals surface area contributed by atoms with Gasteiger partial charge >= 0.3 is 10.2 Å². The molecule has 0 spiro atoms. The topological polar surface area (TPSA) is 82.2 Å². The maximum absolute atomic E-state index is 12.7. The molecule has 0 radical (unpaired) electrons. The molecule has 0 aliphatic rings. The molecule has 2 aromatic rings. The SMILES string of the molecule is CB(C)SN(C)Nc1cccc(C)c1C=N.CCCC(CC)(C(N)=O)c1ccc(S(F)(F)(F)(F)F)cc1. The van der Waals surface area contributed by atoms with Crippen LogP contribution in [0.4, 0.5) is 25.1 Å². The summed E-state index contributed by atoms with van der Waals surface area (Å²) >= 11 is 1.72. The van der Waals surface area contributed by atoms with Crippen LogP contribution in [-0.2, 0) is 10.2 Å². The largest absolute Gasteiger partial charge is 0.369 e. The van der Waals surface area contributed by atoms with Crippen LogP contribution < -0.4 is 11.2 Å². The van der Waals surface area contributed by atoms with Gasteiger partial charge in [0.15, 0.2) is 0 Å². The summed E-state index contributed by atoms with van der Waals surface area (Å²) in [6.07, 6.45) is 2.60. The number of aryl methyl sites for hydroxylation is 1. The summed E-state index contributed by atoms with van der Waals surface area (Å²) in [5.74, 6) is -0.141. The maximum atomic E-state index is 12.7. The summed E-state index contributed by atoms with van der Waals surface area (Å²) in [4.78, 5) is 9.74. The van der Waals surface area contributed by atoms with Crippen LogP contribution >= 0.6 is 22.0 Å². The van der Waals surface area contributed by atoms with E-state index in [4.69, 9.17) is 11.1 Å². The fourth-order valence-electron chi connectivity index (χ4n) is 3.90. The van der Waals surface area contributed by atoms with Crippen molar-refractivity contribution in [3.63, 3.8) is 0 Å². The minimum atomic E-state index is -9.69. The first-order valence-electron chi connectivity index (χ1n) is 11.7. The van der Waals surface area contributed by atoms with Crippen molar-refractivity contribution in [2.24, 2.45) is 5.73 Å². The highest BCUT2D eigenvalue weighted by atomic mass is 32.5. The third-order valence-electron chi connectivity index (χ3n) is 5.72. The third-order valence-corrected chi connectivity index (χ3v) is 7.71. The number of anilines is 1. The van der Waals surface area contributed by atoms with Crippen molar-refractivity contribution < 1.29 is 24.2 Å². The first-order valence-corrected chi connectivity index (χ1v) is 14.5. The molecule has 0 aliphatic carbocycles. The van der Waals surface area contributed by atoms with Crippen LogP contribution in [0.1, 0.15) is 49.8 Å². The van der Waals surface area contributed by atoms with Gasteiger partial charge < -0.3 is 16.6 Å². The summed E-state index contributed by atoms with van der Waals surface area (Å²) in [5, 5.41) is 7.42. The maximum Gasteiger partial charge on any atom is 0.310 e. The van der Waals surface area contributed by atoms with Crippen LogP contribution in [0, 0.1) is 12.3 Å². The molecule has 4 N–H and O–H groups in total. The second-order valence-electron chi connectivity index (χ2n) is 8.99. The van der Waals surface area contributed by atoms with E-state index in [2.05, 4.69) is 19.1 Å². The molecule has 208 valence electrons. The summed E-state index contributed by atoms with van der Waals surface area (Å²) in [6, 6.07) is 8.47. The number of hydrogen-bond acceptors (Lipinski definition) is 5. The van der Waals surface area contributed by atoms with Gasteiger partial charge in [0, 0.05) is 18.8 Å². The normalized spacial score (nSPS) is 14.9. The van der Waals surface area contributed by atoms with Gasteiger partial charge in [-0.1, -0.05) is 77.6 Å². The van der Waals surface area contributed by atoms with Gasteiger partial charge in [0.1, 0.15) is 4.90 Å². The first kappa shape index (κ1) is 32.8. The highest BCUT2D eigenvalue weighted by Crippen LogP contribution is 3.02. The number of nitrogens with zero attached hydrogens (tertiary/aromatic N) is 1. The lowest BCUT2D eigenvalue weighted by Gasteiger charge is -2.41. The molecule has 0 bridgehead atoms. The number of nitrogens with one attached hydrogen (secondary N) is 2. The Kier molecular flexibility index (Phi) is 10.3. The molecule has 2 rings (SSSR count). The van der Waals surface area contributed by atoms with Gasteiger partial charge in [0.05, 0.1) is 11.1 Å². The number of benzene rings is 2. The van der Waals surface area contributed by atoms with Gasteiger partial charge in [-0.15, -0.1) is 11.8 Å². The zero-order chi connectivity index (χ0) is 28.7. The van der Waals surface area contributed by atoms with Crippen LogP contribution in [0.2, 0.25) is 13.6 Å². The predicted molar refractivity (Wildman–Crippen MR) is 149 cm³/mol. The number of carbonyl (C=O) groups excluding carboxylic acids is 1. The van der Waals surface area contributed by atoms with Crippen molar-refractivity contribution >= 4 is 45.8 Å². The number of carbonyl (C=O) groups is 1. The molecule has 0 saturated heterocycles. The first-order chi connectivity index (χ1) is 16.8. The Hall–Kier alpha value is -2.25. The van der Waals surface area contributed by atoms with Gasteiger partial charge in [-0.3, -0.25) is 4.79 Å². The molecule has 1 amide bonds. The number of hydrogen-bond donors (Lipinski definition) is 3. The van der Waals surface area contributed by atoms with Gasteiger partial charge in [0.25, 0.3) is 0 Å². The number of rotatable bonds is 11. The van der Waals surface area contributed by atoms with Crippen LogP contribution in [0.25, 0.3) is 0 Å². The Balaban J connectivity index is 0.000000384. The van der Waals surface area contributed by atoms with Crippen molar-refractivity contribution in [1.29, 1.82) is 5.41 Å². The molecule has 2 aromatic carbocycles. The highest BCUT2D eigenvalue weighted by molar-refractivity contribution is 8.45. The number of primary amides is 1. The second kappa shape index (κ2) is 11.6. The molecule has 0 saturated carbocycles. The van der Waals surface area contributed by atoms with Gasteiger partial charge in [0.2, 0.25) is 11.9 Å². The van der Waals surface area contributed by atoms with Crippen LogP contribution in [0.3, 0.4) is 0 Å². The molecule has 1 unspecified atom stereocenters. The Bertz CT molecular complexity index is 1090. The van der Waals surface area contributed by atoms with Gasteiger partial charge in [-0.25, -0.2) is 0 Å². The molecule has 0 heterocycles. The Morgan fingerprint density at radius 3 is 2.11 bits per heavy atom. The Labute approximate surface area is 221 Å². The molecule has 0 fully saturated rings. The fourth-order valence-corrected chi connectivity index (χ4v) is 5.34. The van der Waals surface area contributed by atoms with Crippen molar-refractivity contribution in [2.45, 2.75) is 64.0 Å². The van der Waals surface area contributed by atoms with E-state index >= 15 is 0 Å². The number of halogens is 5. The average molecular weight is 567 g/mol. The standard InChI is InChI=1S/C13H18F5NOS.C11H18BN3S/c1-3-9-13(4-2,12(19)20)10-5-7-11(8-6-10)21(14,15,16,17)18;1-9-6-5-7-11(10(9)8-13)14-15(4)16-12(2)3/h5-8H,3-4,9H2,1-2H3,(H2,19,20);5-8,13-14H,1-4H3. The molecule has 0 aromatic heterocycles. The summed E-state index contributed by atoms with van der Waals surface area (Å²) in [6.45, 7) is 9.80. The Morgan fingerprint density at radius 1 is 1.14 bits per heavy atom. The van der Waals surface area contributed by atoms with E-state index < -0.39 is 26.4 Å². The zero-order valence-electron chi connectivity index (χ0n) is 22.0. The van der Waals surface area contributed by atoms with Crippen LogP contribution in [0.5, 0.6) is 0 Å². The summed E-state index contributed by atoms with van der Waals surface area (Å²) in [7, 11) is -7.71. The molecule has 5 nitrogen and oxygen atoms in total. The lowest BCUT2D eigenvalue weighted by Crippen LogP contribution is -2.40. The summed E-state index contributed by atoms with van der Waals surface area (Å²) < 4.78 is 65.3. The van der Waals surface area contributed by atoms with Crippen LogP contribution in [0.15, 0.2) is 47.4 Å². The van der Waals surface area contributed by atoms with Crippen molar-refractivity contribution in [2.75, 3.05) is 12.5 Å². The van der Waals surface area contributed by atoms with Gasteiger partial charge in [-0.2, -0.15) is 4.41 Å². The second-order valence-corrected chi connectivity index (χ2v) is 13.1. The number of hydrazine groups is 1. The van der Waals surface area contributed by atoms with Crippen LogP contribution in [-0.4, -0.2) is 29.6 Å². The fraction of sp³-hybridized carbons (Fsp3) is 0.417. The average Bonchev–Trinajstić information content (AvgIpc) is 2.76. The van der Waals surface area contributed by atoms with Gasteiger partial charge in [-0.05, 0) is 49.1 Å². The third kappa shape index (κ3) is 9.22. The van der Waals surface area contributed by atoms with E-state index in [1.165, 1.54) is 6.21 Å². The Morgan fingerprint density at radius 2 is 1.70 bits per heavy atom. The summed E-state index contributed by atoms with van der Waals surface area (Å²) in [5.41, 5.74) is 10.8. The highest BCUT2D eigenvalue weighted by Gasteiger charge is 2.65. The molecular weight excluding hydrogens is 530 g/mol. The van der Waals surface area contributed by atoms with Crippen molar-refractivity contribution in [1.82, 2.24) is 4.41 Å². The van der Waals surface area contributed by atoms with E-state index in [1.54, 1.807) is 25.6 Å². The molecule has 37 heavy (non-hydrogen) atoms. The van der Waals surface area contributed by atoms with Crippen molar-refractivity contribution in [3.05, 3.63) is 59.2 Å².